The molecule has 7 nitrogen and oxygen atoms in total. The smallest absolute Gasteiger partial charge is 0.243 e. The van der Waals surface area contributed by atoms with Crippen molar-refractivity contribution in [1.29, 1.82) is 0 Å². The minimum Gasteiger partial charge on any atom is -0.299 e. The first-order chi connectivity index (χ1) is 10.5. The highest BCUT2D eigenvalue weighted by molar-refractivity contribution is 7.13. The van der Waals surface area contributed by atoms with Crippen molar-refractivity contribution < 1.29 is 4.79 Å². The number of aromatic nitrogens is 4. The van der Waals surface area contributed by atoms with Crippen molar-refractivity contribution in [3.63, 3.8) is 0 Å². The Morgan fingerprint density at radius 1 is 1.50 bits per heavy atom. The monoisotopic (exact) mass is 322 g/mol. The zero-order valence-electron chi connectivity index (χ0n) is 13.4. The molecule has 120 valence electrons. The molecule has 0 saturated carbocycles. The number of rotatable bonds is 7. The van der Waals surface area contributed by atoms with Crippen LogP contribution in [-0.2, 0) is 11.3 Å². The molecule has 0 aliphatic carbocycles. The summed E-state index contributed by atoms with van der Waals surface area (Å²) in [4.78, 5) is 14.1. The van der Waals surface area contributed by atoms with Crippen LogP contribution in [-0.4, -0.2) is 50.4 Å². The Balaban J connectivity index is 1.77. The Morgan fingerprint density at radius 3 is 2.86 bits per heavy atom. The fourth-order valence-electron chi connectivity index (χ4n) is 2.20. The minimum absolute atomic E-state index is 0.0645. The van der Waals surface area contributed by atoms with E-state index in [0.717, 1.165) is 25.2 Å². The maximum Gasteiger partial charge on any atom is 0.243 e. The number of amides is 1. The van der Waals surface area contributed by atoms with E-state index in [0.29, 0.717) is 5.13 Å². The van der Waals surface area contributed by atoms with Crippen LogP contribution >= 0.6 is 11.3 Å². The van der Waals surface area contributed by atoms with Crippen LogP contribution in [0.1, 0.15) is 24.7 Å². The van der Waals surface area contributed by atoms with Gasteiger partial charge in [-0.05, 0) is 40.3 Å². The number of nitrogens with one attached hydrogen (secondary N) is 1. The highest BCUT2D eigenvalue weighted by Crippen LogP contribution is 2.10. The molecular formula is C14H22N6OS. The molecule has 2 aromatic heterocycles. The third-order valence-electron chi connectivity index (χ3n) is 3.61. The lowest BCUT2D eigenvalue weighted by Gasteiger charge is -2.23. The molecule has 0 radical (unpaired) electrons. The quantitative estimate of drug-likeness (QED) is 0.839. The normalized spacial score (nSPS) is 12.6. The molecule has 22 heavy (non-hydrogen) atoms. The van der Waals surface area contributed by atoms with Crippen molar-refractivity contribution in [1.82, 2.24) is 24.9 Å². The second-order valence-electron chi connectivity index (χ2n) is 5.39. The molecule has 0 saturated heterocycles. The number of aryl methyl sites for hydroxylation is 3. The SMILES string of the molecule is Cc1cc(C)n(CCCN(C)[C@H](C)C(=O)Nc2nncs2)n1. The van der Waals surface area contributed by atoms with Gasteiger partial charge in [-0.2, -0.15) is 5.10 Å². The van der Waals surface area contributed by atoms with E-state index >= 15 is 0 Å². The van der Waals surface area contributed by atoms with Crippen molar-refractivity contribution in [2.75, 3.05) is 18.9 Å². The van der Waals surface area contributed by atoms with Gasteiger partial charge in [0.2, 0.25) is 11.0 Å². The van der Waals surface area contributed by atoms with Gasteiger partial charge in [0.15, 0.2) is 0 Å². The summed E-state index contributed by atoms with van der Waals surface area (Å²) in [5.41, 5.74) is 3.80. The number of anilines is 1. The first-order valence-corrected chi connectivity index (χ1v) is 8.13. The molecule has 2 rings (SSSR count). The molecule has 1 N–H and O–H groups in total. The largest absolute Gasteiger partial charge is 0.299 e. The van der Waals surface area contributed by atoms with E-state index in [2.05, 4.69) is 33.6 Å². The second kappa shape index (κ2) is 7.46. The molecule has 1 amide bonds. The summed E-state index contributed by atoms with van der Waals surface area (Å²) in [5, 5.41) is 15.3. The Kier molecular flexibility index (Phi) is 5.62. The zero-order chi connectivity index (χ0) is 16.1. The molecule has 0 aliphatic heterocycles. The minimum atomic E-state index is -0.218. The van der Waals surface area contributed by atoms with Gasteiger partial charge in [-0.15, -0.1) is 10.2 Å². The first kappa shape index (κ1) is 16.6. The number of nitrogens with zero attached hydrogens (tertiary/aromatic N) is 5. The van der Waals surface area contributed by atoms with E-state index in [1.807, 2.05) is 30.5 Å². The summed E-state index contributed by atoms with van der Waals surface area (Å²) in [7, 11) is 1.95. The van der Waals surface area contributed by atoms with E-state index in [4.69, 9.17) is 0 Å². The molecule has 0 unspecified atom stereocenters. The highest BCUT2D eigenvalue weighted by Gasteiger charge is 2.18. The zero-order valence-corrected chi connectivity index (χ0v) is 14.2. The van der Waals surface area contributed by atoms with Crippen LogP contribution < -0.4 is 5.32 Å². The van der Waals surface area contributed by atoms with Crippen LogP contribution in [0.5, 0.6) is 0 Å². The molecule has 0 bridgehead atoms. The number of hydrogen-bond acceptors (Lipinski definition) is 6. The maximum absolute atomic E-state index is 12.1. The fraction of sp³-hybridized carbons (Fsp3) is 0.571. The van der Waals surface area contributed by atoms with Crippen molar-refractivity contribution in [3.05, 3.63) is 23.0 Å². The van der Waals surface area contributed by atoms with Crippen LogP contribution in [0.3, 0.4) is 0 Å². The lowest BCUT2D eigenvalue weighted by Crippen LogP contribution is -2.40. The van der Waals surface area contributed by atoms with Gasteiger partial charge in [0, 0.05) is 18.8 Å². The summed E-state index contributed by atoms with van der Waals surface area (Å²) >= 11 is 1.32. The van der Waals surface area contributed by atoms with Crippen LogP contribution in [0.15, 0.2) is 11.6 Å². The average Bonchev–Trinajstić information content (AvgIpc) is 3.08. The topological polar surface area (TPSA) is 75.9 Å². The first-order valence-electron chi connectivity index (χ1n) is 7.25. The van der Waals surface area contributed by atoms with Crippen LogP contribution in [0.25, 0.3) is 0 Å². The van der Waals surface area contributed by atoms with Gasteiger partial charge in [-0.3, -0.25) is 19.7 Å². The predicted molar refractivity (Wildman–Crippen MR) is 86.9 cm³/mol. The molecule has 0 aliphatic rings. The van der Waals surface area contributed by atoms with Crippen molar-refractivity contribution in [2.24, 2.45) is 0 Å². The van der Waals surface area contributed by atoms with Gasteiger partial charge in [0.25, 0.3) is 0 Å². The van der Waals surface area contributed by atoms with E-state index < -0.39 is 0 Å². The van der Waals surface area contributed by atoms with Crippen molar-refractivity contribution >= 4 is 22.4 Å². The van der Waals surface area contributed by atoms with Gasteiger partial charge in [0.05, 0.1) is 11.7 Å². The van der Waals surface area contributed by atoms with Gasteiger partial charge < -0.3 is 0 Å². The summed E-state index contributed by atoms with van der Waals surface area (Å²) in [5.74, 6) is -0.0645. The average molecular weight is 322 g/mol. The summed E-state index contributed by atoms with van der Waals surface area (Å²) in [6, 6.07) is 1.85. The summed E-state index contributed by atoms with van der Waals surface area (Å²) in [6.07, 6.45) is 0.939. The van der Waals surface area contributed by atoms with Gasteiger partial charge >= 0.3 is 0 Å². The molecule has 0 spiro atoms. The van der Waals surface area contributed by atoms with Crippen molar-refractivity contribution in [2.45, 2.75) is 39.8 Å². The molecule has 8 heteroatoms. The number of carbonyl (C=O) groups is 1. The lowest BCUT2D eigenvalue weighted by molar-refractivity contribution is -0.120. The Hall–Kier alpha value is -1.80. The standard InChI is InChI=1S/C14H22N6OS/c1-10-8-11(2)20(18-10)7-5-6-19(4)12(3)13(21)16-14-17-15-9-22-14/h8-9,12H,5-7H2,1-4H3,(H,16,17,21)/t12-/m1/s1. The molecular weight excluding hydrogens is 300 g/mol. The van der Waals surface area contributed by atoms with Crippen LogP contribution in [0.2, 0.25) is 0 Å². The maximum atomic E-state index is 12.1. The Bertz CT molecular complexity index is 609. The summed E-state index contributed by atoms with van der Waals surface area (Å²) < 4.78 is 2.01. The Morgan fingerprint density at radius 2 is 2.27 bits per heavy atom. The molecule has 1 atom stereocenters. The van der Waals surface area contributed by atoms with Gasteiger partial charge in [0.1, 0.15) is 5.51 Å². The third kappa shape index (κ3) is 4.35. The molecule has 2 aromatic rings. The van der Waals surface area contributed by atoms with Gasteiger partial charge in [-0.1, -0.05) is 11.3 Å². The van der Waals surface area contributed by atoms with E-state index in [-0.39, 0.29) is 11.9 Å². The van der Waals surface area contributed by atoms with E-state index in [1.54, 1.807) is 5.51 Å². The fourth-order valence-corrected chi connectivity index (χ4v) is 2.65. The second-order valence-corrected chi connectivity index (χ2v) is 6.23. The third-order valence-corrected chi connectivity index (χ3v) is 4.22. The number of carbonyl (C=O) groups excluding carboxylic acids is 1. The predicted octanol–water partition coefficient (Wildman–Crippen LogP) is 1.70. The van der Waals surface area contributed by atoms with E-state index in [1.165, 1.54) is 17.0 Å². The van der Waals surface area contributed by atoms with Crippen molar-refractivity contribution in [3.8, 4) is 0 Å². The molecule has 2 heterocycles. The van der Waals surface area contributed by atoms with Gasteiger partial charge in [-0.25, -0.2) is 0 Å². The Labute approximate surface area is 134 Å². The number of likely N-dealkylation sites (N-methyl/N-ethyl adjacent to an activating group) is 1. The molecule has 0 aromatic carbocycles. The van der Waals surface area contributed by atoms with Crippen LogP contribution in [0.4, 0.5) is 5.13 Å². The summed E-state index contributed by atoms with van der Waals surface area (Å²) in [6.45, 7) is 7.62. The number of hydrogen-bond donors (Lipinski definition) is 1. The molecule has 0 fully saturated rings. The van der Waals surface area contributed by atoms with E-state index in [9.17, 15) is 4.79 Å². The lowest BCUT2D eigenvalue weighted by atomic mass is 10.2. The highest BCUT2D eigenvalue weighted by atomic mass is 32.1. The van der Waals surface area contributed by atoms with Crippen LogP contribution in [0, 0.1) is 13.8 Å².